The Labute approximate surface area is 183 Å². The molecule has 0 fully saturated rings. The zero-order chi connectivity index (χ0) is 21.8. The predicted molar refractivity (Wildman–Crippen MR) is 120 cm³/mol. The van der Waals surface area contributed by atoms with E-state index in [2.05, 4.69) is 10.3 Å². The first kappa shape index (κ1) is 20.5. The summed E-state index contributed by atoms with van der Waals surface area (Å²) in [5.41, 5.74) is 2.22. The zero-order valence-electron chi connectivity index (χ0n) is 16.9. The molecule has 31 heavy (non-hydrogen) atoms. The first-order valence-corrected chi connectivity index (χ1v) is 9.81. The van der Waals surface area contributed by atoms with Crippen molar-refractivity contribution in [3.05, 3.63) is 88.9 Å². The van der Waals surface area contributed by atoms with Crippen LogP contribution >= 0.6 is 11.6 Å². The first-order chi connectivity index (χ1) is 15.1. The fourth-order valence-corrected chi connectivity index (χ4v) is 3.20. The third kappa shape index (κ3) is 4.70. The number of hydrogen-bond donors (Lipinski definition) is 1. The molecule has 1 heterocycles. The number of ether oxygens (including phenoxy) is 2. The average molecular weight is 435 g/mol. The van der Waals surface area contributed by atoms with Crippen LogP contribution in [0.15, 0.2) is 82.2 Å². The SMILES string of the molecule is COc1ccc(NC(=O)c2cc3cc(Cl)ccc3oc2=Nc2cccc(OC)c2)cc1. The van der Waals surface area contributed by atoms with Gasteiger partial charge >= 0.3 is 0 Å². The Balaban J connectivity index is 1.81. The molecule has 4 aromatic rings. The predicted octanol–water partition coefficient (Wildman–Crippen LogP) is 5.59. The maximum atomic E-state index is 13.1. The van der Waals surface area contributed by atoms with Gasteiger partial charge in [-0.05, 0) is 60.7 Å². The number of carbonyl (C=O) groups excluding carboxylic acids is 1. The number of rotatable bonds is 5. The van der Waals surface area contributed by atoms with Crippen LogP contribution in [0.2, 0.25) is 5.02 Å². The number of halogens is 1. The Hall–Kier alpha value is -3.77. The molecule has 0 bridgehead atoms. The molecule has 0 aliphatic carbocycles. The third-order valence-electron chi connectivity index (χ3n) is 4.59. The second kappa shape index (κ2) is 8.93. The molecule has 1 aromatic heterocycles. The van der Waals surface area contributed by atoms with Crippen molar-refractivity contribution in [1.29, 1.82) is 0 Å². The van der Waals surface area contributed by atoms with Crippen molar-refractivity contribution < 1.29 is 18.7 Å². The molecule has 0 aliphatic rings. The van der Waals surface area contributed by atoms with Gasteiger partial charge in [0.1, 0.15) is 22.6 Å². The summed E-state index contributed by atoms with van der Waals surface area (Å²) in [6.07, 6.45) is 0. The topological polar surface area (TPSA) is 73.1 Å². The highest BCUT2D eigenvalue weighted by Gasteiger charge is 2.14. The molecule has 156 valence electrons. The molecule has 0 saturated heterocycles. The minimum atomic E-state index is -0.363. The number of hydrogen-bond acceptors (Lipinski definition) is 5. The first-order valence-electron chi connectivity index (χ1n) is 9.43. The van der Waals surface area contributed by atoms with E-state index in [-0.39, 0.29) is 17.0 Å². The van der Waals surface area contributed by atoms with Gasteiger partial charge in [-0.1, -0.05) is 17.7 Å². The summed E-state index contributed by atoms with van der Waals surface area (Å²) in [4.78, 5) is 17.7. The number of nitrogens with zero attached hydrogens (tertiary/aromatic N) is 1. The number of carbonyl (C=O) groups is 1. The molecule has 0 radical (unpaired) electrons. The standard InChI is InChI=1S/C24H19ClN2O4/c1-29-19-9-7-17(8-10-19)26-23(28)21-13-15-12-16(25)6-11-22(15)31-24(21)27-18-4-3-5-20(14-18)30-2/h3-14H,1-2H3,(H,26,28). The molecule has 1 N–H and O–H groups in total. The van der Waals surface area contributed by atoms with Crippen LogP contribution in [0.1, 0.15) is 10.4 Å². The summed E-state index contributed by atoms with van der Waals surface area (Å²) in [5, 5.41) is 4.10. The van der Waals surface area contributed by atoms with Crippen molar-refractivity contribution in [3.63, 3.8) is 0 Å². The number of benzene rings is 3. The monoisotopic (exact) mass is 434 g/mol. The molecule has 4 rings (SSSR count). The van der Waals surface area contributed by atoms with E-state index < -0.39 is 0 Å². The Morgan fingerprint density at radius 1 is 0.935 bits per heavy atom. The lowest BCUT2D eigenvalue weighted by molar-refractivity contribution is 0.102. The Bertz CT molecular complexity index is 1310. The molecule has 1 amide bonds. The van der Waals surface area contributed by atoms with Crippen molar-refractivity contribution in [1.82, 2.24) is 0 Å². The largest absolute Gasteiger partial charge is 0.497 e. The minimum Gasteiger partial charge on any atom is -0.497 e. The summed E-state index contributed by atoms with van der Waals surface area (Å²) < 4.78 is 16.4. The van der Waals surface area contributed by atoms with Crippen LogP contribution in [-0.4, -0.2) is 20.1 Å². The van der Waals surface area contributed by atoms with Gasteiger partial charge in [0, 0.05) is 22.2 Å². The lowest BCUT2D eigenvalue weighted by Gasteiger charge is -2.08. The van der Waals surface area contributed by atoms with E-state index in [1.54, 1.807) is 74.9 Å². The van der Waals surface area contributed by atoms with E-state index in [4.69, 9.17) is 25.5 Å². The van der Waals surface area contributed by atoms with Crippen molar-refractivity contribution in [3.8, 4) is 11.5 Å². The van der Waals surface area contributed by atoms with Crippen LogP contribution < -0.4 is 20.3 Å². The van der Waals surface area contributed by atoms with Gasteiger partial charge in [-0.2, -0.15) is 0 Å². The van der Waals surface area contributed by atoms with E-state index in [0.717, 1.165) is 0 Å². The van der Waals surface area contributed by atoms with Crippen LogP contribution in [0.3, 0.4) is 0 Å². The maximum absolute atomic E-state index is 13.1. The zero-order valence-corrected chi connectivity index (χ0v) is 17.6. The van der Waals surface area contributed by atoms with Gasteiger partial charge in [-0.15, -0.1) is 0 Å². The fraction of sp³-hybridized carbons (Fsp3) is 0.0833. The minimum absolute atomic E-state index is 0.175. The molecule has 0 aliphatic heterocycles. The van der Waals surface area contributed by atoms with Crippen LogP contribution in [0.5, 0.6) is 11.5 Å². The number of fused-ring (bicyclic) bond motifs is 1. The smallest absolute Gasteiger partial charge is 0.261 e. The van der Waals surface area contributed by atoms with Crippen molar-refractivity contribution in [2.75, 3.05) is 19.5 Å². The molecule has 7 heteroatoms. The fourth-order valence-electron chi connectivity index (χ4n) is 3.02. The van der Waals surface area contributed by atoms with Gasteiger partial charge in [0.2, 0.25) is 5.55 Å². The number of methoxy groups -OCH3 is 2. The van der Waals surface area contributed by atoms with Crippen molar-refractivity contribution in [2.24, 2.45) is 4.99 Å². The Morgan fingerprint density at radius 3 is 2.45 bits per heavy atom. The molecular weight excluding hydrogens is 416 g/mol. The van der Waals surface area contributed by atoms with Gasteiger partial charge in [-0.3, -0.25) is 4.79 Å². The third-order valence-corrected chi connectivity index (χ3v) is 4.82. The second-order valence-corrected chi connectivity index (χ2v) is 7.08. The molecule has 0 saturated carbocycles. The summed E-state index contributed by atoms with van der Waals surface area (Å²) in [6, 6.07) is 21.1. The van der Waals surface area contributed by atoms with Gasteiger partial charge in [0.25, 0.3) is 5.91 Å². The Morgan fingerprint density at radius 2 is 1.71 bits per heavy atom. The number of nitrogens with one attached hydrogen (secondary N) is 1. The van der Waals surface area contributed by atoms with E-state index in [0.29, 0.717) is 38.9 Å². The number of anilines is 1. The average Bonchev–Trinajstić information content (AvgIpc) is 2.79. The lowest BCUT2D eigenvalue weighted by atomic mass is 10.1. The summed E-state index contributed by atoms with van der Waals surface area (Å²) >= 11 is 6.12. The van der Waals surface area contributed by atoms with Gasteiger partial charge < -0.3 is 19.2 Å². The maximum Gasteiger partial charge on any atom is 0.261 e. The van der Waals surface area contributed by atoms with Gasteiger partial charge in [-0.25, -0.2) is 4.99 Å². The molecule has 6 nitrogen and oxygen atoms in total. The molecule has 0 unspecified atom stereocenters. The lowest BCUT2D eigenvalue weighted by Crippen LogP contribution is -2.21. The van der Waals surface area contributed by atoms with Crippen LogP contribution in [0.25, 0.3) is 11.0 Å². The number of amides is 1. The highest BCUT2D eigenvalue weighted by molar-refractivity contribution is 6.31. The van der Waals surface area contributed by atoms with Gasteiger partial charge in [0.05, 0.1) is 19.9 Å². The second-order valence-electron chi connectivity index (χ2n) is 6.64. The van der Waals surface area contributed by atoms with E-state index in [1.165, 1.54) is 0 Å². The quantitative estimate of drug-likeness (QED) is 0.444. The van der Waals surface area contributed by atoms with E-state index in [9.17, 15) is 4.79 Å². The van der Waals surface area contributed by atoms with Gasteiger partial charge in [0.15, 0.2) is 0 Å². The molecule has 3 aromatic carbocycles. The normalized spacial score (nSPS) is 11.4. The van der Waals surface area contributed by atoms with Crippen LogP contribution in [0.4, 0.5) is 11.4 Å². The van der Waals surface area contributed by atoms with Crippen LogP contribution in [-0.2, 0) is 0 Å². The highest BCUT2D eigenvalue weighted by atomic mass is 35.5. The van der Waals surface area contributed by atoms with E-state index in [1.807, 2.05) is 12.1 Å². The molecule has 0 atom stereocenters. The van der Waals surface area contributed by atoms with Crippen molar-refractivity contribution >= 4 is 39.9 Å². The Kier molecular flexibility index (Phi) is 5.91. The molecular formula is C24H19ClN2O4. The summed E-state index contributed by atoms with van der Waals surface area (Å²) in [7, 11) is 3.17. The van der Waals surface area contributed by atoms with Crippen LogP contribution in [0, 0.1) is 0 Å². The molecule has 0 spiro atoms. The van der Waals surface area contributed by atoms with E-state index >= 15 is 0 Å². The highest BCUT2D eigenvalue weighted by Crippen LogP contribution is 2.22. The summed E-state index contributed by atoms with van der Waals surface area (Å²) in [5.74, 6) is 0.984. The summed E-state index contributed by atoms with van der Waals surface area (Å²) in [6.45, 7) is 0. The van der Waals surface area contributed by atoms with Crippen molar-refractivity contribution in [2.45, 2.75) is 0 Å².